The van der Waals surface area contributed by atoms with E-state index in [0.717, 1.165) is 5.69 Å². The van der Waals surface area contributed by atoms with Crippen molar-refractivity contribution in [1.82, 2.24) is 4.98 Å². The van der Waals surface area contributed by atoms with Crippen LogP contribution in [-0.2, 0) is 5.54 Å². The van der Waals surface area contributed by atoms with Gasteiger partial charge in [0, 0.05) is 0 Å². The standard InChI is InChI=1S/C9H11ClN2O/c10-8-3-1-2-7(12-8)9(11)4-6(13)5-9/h1-3,6,13H,4-5,11H2. The monoisotopic (exact) mass is 198 g/mol. The fraction of sp³-hybridized carbons (Fsp3) is 0.444. The molecule has 1 heterocycles. The molecule has 3 N–H and O–H groups in total. The molecule has 2 rings (SSSR count). The summed E-state index contributed by atoms with van der Waals surface area (Å²) < 4.78 is 0. The molecule has 0 aliphatic heterocycles. The van der Waals surface area contributed by atoms with Crippen molar-refractivity contribution in [3.05, 3.63) is 29.0 Å². The molecule has 1 fully saturated rings. The summed E-state index contributed by atoms with van der Waals surface area (Å²) in [5.41, 5.74) is 6.30. The molecule has 1 aromatic heterocycles. The molecule has 0 unspecified atom stereocenters. The van der Waals surface area contributed by atoms with Gasteiger partial charge in [-0.1, -0.05) is 17.7 Å². The van der Waals surface area contributed by atoms with Crippen LogP contribution in [0.3, 0.4) is 0 Å². The molecule has 0 amide bonds. The van der Waals surface area contributed by atoms with Gasteiger partial charge in [0.25, 0.3) is 0 Å². The predicted molar refractivity (Wildman–Crippen MR) is 50.4 cm³/mol. The maximum absolute atomic E-state index is 9.17. The molecular weight excluding hydrogens is 188 g/mol. The Bertz CT molecular complexity index is 323. The normalized spacial score (nSPS) is 32.7. The van der Waals surface area contributed by atoms with Gasteiger partial charge >= 0.3 is 0 Å². The Hall–Kier alpha value is -0.640. The topological polar surface area (TPSA) is 59.1 Å². The third-order valence-corrected chi connectivity index (χ3v) is 2.64. The number of nitrogens with zero attached hydrogens (tertiary/aromatic N) is 1. The first-order valence-electron chi connectivity index (χ1n) is 4.20. The molecule has 0 saturated heterocycles. The number of aliphatic hydroxyl groups is 1. The van der Waals surface area contributed by atoms with E-state index in [4.69, 9.17) is 17.3 Å². The fourth-order valence-corrected chi connectivity index (χ4v) is 1.84. The summed E-state index contributed by atoms with van der Waals surface area (Å²) in [6.07, 6.45) is 0.853. The van der Waals surface area contributed by atoms with Crippen LogP contribution >= 0.6 is 11.6 Å². The number of hydrogen-bond donors (Lipinski definition) is 2. The van der Waals surface area contributed by atoms with E-state index in [9.17, 15) is 5.11 Å². The van der Waals surface area contributed by atoms with Crippen LogP contribution in [0.2, 0.25) is 5.15 Å². The lowest BCUT2D eigenvalue weighted by Gasteiger charge is -2.41. The molecule has 13 heavy (non-hydrogen) atoms. The number of aliphatic hydroxyl groups excluding tert-OH is 1. The molecule has 0 radical (unpaired) electrons. The van der Waals surface area contributed by atoms with Crippen molar-refractivity contribution < 1.29 is 5.11 Å². The van der Waals surface area contributed by atoms with Crippen molar-refractivity contribution in [3.8, 4) is 0 Å². The van der Waals surface area contributed by atoms with Crippen LogP contribution in [0.5, 0.6) is 0 Å². The molecule has 1 aliphatic carbocycles. The second-order valence-corrected chi connectivity index (χ2v) is 3.95. The van der Waals surface area contributed by atoms with Crippen molar-refractivity contribution in [2.75, 3.05) is 0 Å². The first kappa shape index (κ1) is 8.94. The van der Waals surface area contributed by atoms with Gasteiger partial charge in [-0.3, -0.25) is 0 Å². The number of nitrogens with two attached hydrogens (primary N) is 1. The summed E-state index contributed by atoms with van der Waals surface area (Å²) in [5, 5.41) is 9.62. The second-order valence-electron chi connectivity index (χ2n) is 3.56. The van der Waals surface area contributed by atoms with E-state index in [1.165, 1.54) is 0 Å². The molecular formula is C9H11ClN2O. The average Bonchev–Trinajstić information content (AvgIpc) is 2.02. The zero-order chi connectivity index (χ0) is 9.47. The van der Waals surface area contributed by atoms with Gasteiger partial charge in [-0.2, -0.15) is 0 Å². The highest BCUT2D eigenvalue weighted by Crippen LogP contribution is 2.38. The number of pyridine rings is 1. The minimum Gasteiger partial charge on any atom is -0.393 e. The van der Waals surface area contributed by atoms with E-state index in [1.54, 1.807) is 6.07 Å². The van der Waals surface area contributed by atoms with Gasteiger partial charge in [0.15, 0.2) is 0 Å². The largest absolute Gasteiger partial charge is 0.393 e. The van der Waals surface area contributed by atoms with E-state index in [0.29, 0.717) is 18.0 Å². The Labute approximate surface area is 81.5 Å². The smallest absolute Gasteiger partial charge is 0.129 e. The number of aromatic nitrogens is 1. The minimum absolute atomic E-state index is 0.286. The van der Waals surface area contributed by atoms with Crippen molar-refractivity contribution in [3.63, 3.8) is 0 Å². The molecule has 4 heteroatoms. The first-order valence-corrected chi connectivity index (χ1v) is 4.58. The first-order chi connectivity index (χ1) is 6.10. The van der Waals surface area contributed by atoms with Gasteiger partial charge in [0.05, 0.1) is 17.3 Å². The SMILES string of the molecule is NC1(c2cccc(Cl)n2)CC(O)C1. The predicted octanol–water partition coefficient (Wildman–Crippen LogP) is 1.04. The van der Waals surface area contributed by atoms with Crippen LogP contribution in [0, 0.1) is 0 Å². The summed E-state index contributed by atoms with van der Waals surface area (Å²) in [5.74, 6) is 0. The lowest BCUT2D eigenvalue weighted by molar-refractivity contribution is 0.0188. The van der Waals surface area contributed by atoms with E-state index >= 15 is 0 Å². The molecule has 0 aromatic carbocycles. The Morgan fingerprint density at radius 2 is 2.23 bits per heavy atom. The quantitative estimate of drug-likeness (QED) is 0.663. The Kier molecular flexibility index (Phi) is 2.02. The lowest BCUT2D eigenvalue weighted by Crippen LogP contribution is -2.52. The highest BCUT2D eigenvalue weighted by atomic mass is 35.5. The molecule has 70 valence electrons. The van der Waals surface area contributed by atoms with Gasteiger partial charge < -0.3 is 10.8 Å². The van der Waals surface area contributed by atoms with E-state index in [-0.39, 0.29) is 6.10 Å². The molecule has 3 nitrogen and oxygen atoms in total. The van der Waals surface area contributed by atoms with Gasteiger partial charge in [-0.15, -0.1) is 0 Å². The van der Waals surface area contributed by atoms with E-state index < -0.39 is 5.54 Å². The van der Waals surface area contributed by atoms with Gasteiger partial charge in [-0.25, -0.2) is 4.98 Å². The fourth-order valence-electron chi connectivity index (χ4n) is 1.68. The molecule has 0 bridgehead atoms. The van der Waals surface area contributed by atoms with Crippen LogP contribution in [0.25, 0.3) is 0 Å². The van der Waals surface area contributed by atoms with E-state index in [1.807, 2.05) is 12.1 Å². The molecule has 0 spiro atoms. The molecule has 1 aliphatic rings. The summed E-state index contributed by atoms with van der Waals surface area (Å²) >= 11 is 5.74. The van der Waals surface area contributed by atoms with Crippen LogP contribution in [0.1, 0.15) is 18.5 Å². The van der Waals surface area contributed by atoms with Crippen molar-refractivity contribution in [2.24, 2.45) is 5.73 Å². The zero-order valence-electron chi connectivity index (χ0n) is 7.07. The van der Waals surface area contributed by atoms with Crippen molar-refractivity contribution >= 4 is 11.6 Å². The zero-order valence-corrected chi connectivity index (χ0v) is 7.83. The Morgan fingerprint density at radius 3 is 2.77 bits per heavy atom. The third kappa shape index (κ3) is 1.55. The summed E-state index contributed by atoms with van der Waals surface area (Å²) in [4.78, 5) is 4.13. The maximum Gasteiger partial charge on any atom is 0.129 e. The molecule has 0 atom stereocenters. The van der Waals surface area contributed by atoms with Crippen LogP contribution in [-0.4, -0.2) is 16.2 Å². The number of rotatable bonds is 1. The summed E-state index contributed by atoms with van der Waals surface area (Å²) in [6, 6.07) is 5.38. The molecule has 1 saturated carbocycles. The highest BCUT2D eigenvalue weighted by molar-refractivity contribution is 6.29. The maximum atomic E-state index is 9.17. The molecule has 1 aromatic rings. The Balaban J connectivity index is 2.26. The Morgan fingerprint density at radius 1 is 1.54 bits per heavy atom. The minimum atomic E-state index is -0.468. The second kappa shape index (κ2) is 2.94. The van der Waals surface area contributed by atoms with Crippen molar-refractivity contribution in [2.45, 2.75) is 24.5 Å². The van der Waals surface area contributed by atoms with E-state index in [2.05, 4.69) is 4.98 Å². The van der Waals surface area contributed by atoms with Gasteiger partial charge in [0.2, 0.25) is 0 Å². The third-order valence-electron chi connectivity index (χ3n) is 2.42. The number of halogens is 1. The summed E-state index contributed by atoms with van der Waals surface area (Å²) in [7, 11) is 0. The van der Waals surface area contributed by atoms with Gasteiger partial charge in [-0.05, 0) is 25.0 Å². The summed E-state index contributed by atoms with van der Waals surface area (Å²) in [6.45, 7) is 0. The van der Waals surface area contributed by atoms with Crippen LogP contribution in [0.15, 0.2) is 18.2 Å². The average molecular weight is 199 g/mol. The van der Waals surface area contributed by atoms with Crippen LogP contribution < -0.4 is 5.73 Å². The number of hydrogen-bond acceptors (Lipinski definition) is 3. The highest BCUT2D eigenvalue weighted by Gasteiger charge is 2.42. The van der Waals surface area contributed by atoms with Crippen LogP contribution in [0.4, 0.5) is 0 Å². The lowest BCUT2D eigenvalue weighted by atomic mass is 9.73. The van der Waals surface area contributed by atoms with Crippen molar-refractivity contribution in [1.29, 1.82) is 0 Å². The van der Waals surface area contributed by atoms with Gasteiger partial charge in [0.1, 0.15) is 5.15 Å².